The summed E-state index contributed by atoms with van der Waals surface area (Å²) in [4.78, 5) is 14.6. The van der Waals surface area contributed by atoms with Crippen molar-refractivity contribution in [1.82, 2.24) is 4.90 Å². The van der Waals surface area contributed by atoms with Crippen molar-refractivity contribution in [3.05, 3.63) is 35.6 Å². The summed E-state index contributed by atoms with van der Waals surface area (Å²) in [6.07, 6.45) is 4.02. The average molecular weight is 321 g/mol. The first-order valence-electron chi connectivity index (χ1n) is 8.34. The number of carbonyl (C=O) groups is 1. The second-order valence-corrected chi connectivity index (χ2v) is 6.36. The first kappa shape index (κ1) is 16.6. The van der Waals surface area contributed by atoms with E-state index in [2.05, 4.69) is 4.90 Å². The molecule has 23 heavy (non-hydrogen) atoms. The summed E-state index contributed by atoms with van der Waals surface area (Å²) >= 11 is 0. The van der Waals surface area contributed by atoms with Crippen LogP contribution >= 0.6 is 0 Å². The van der Waals surface area contributed by atoms with Gasteiger partial charge in [0.25, 0.3) is 0 Å². The number of rotatable bonds is 5. The molecule has 126 valence electrons. The van der Waals surface area contributed by atoms with E-state index in [4.69, 9.17) is 9.47 Å². The van der Waals surface area contributed by atoms with Crippen LogP contribution in [-0.2, 0) is 9.47 Å². The largest absolute Gasteiger partial charge is 0.381 e. The molecule has 1 aliphatic heterocycles. The highest BCUT2D eigenvalue weighted by Gasteiger charge is 2.37. The number of methoxy groups -OCH3 is 1. The molecule has 0 N–H and O–H groups in total. The highest BCUT2D eigenvalue weighted by molar-refractivity contribution is 5.96. The van der Waals surface area contributed by atoms with Gasteiger partial charge >= 0.3 is 0 Å². The van der Waals surface area contributed by atoms with Crippen molar-refractivity contribution in [2.45, 2.75) is 43.9 Å². The van der Waals surface area contributed by atoms with Gasteiger partial charge in [-0.2, -0.15) is 0 Å². The number of Topliss-reactive ketones (excluding diaryl/α,β-unsaturated/α-hetero) is 1. The maximum absolute atomic E-state index is 12.9. The number of morpholine rings is 1. The molecule has 1 saturated heterocycles. The molecule has 5 heteroatoms. The Bertz CT molecular complexity index is 534. The first-order valence-corrected chi connectivity index (χ1v) is 8.34. The van der Waals surface area contributed by atoms with E-state index in [-0.39, 0.29) is 23.8 Å². The molecule has 3 atom stereocenters. The van der Waals surface area contributed by atoms with Gasteiger partial charge in [-0.05, 0) is 43.5 Å². The Morgan fingerprint density at radius 1 is 1.35 bits per heavy atom. The number of carbonyl (C=O) groups excluding carboxylic acids is 1. The number of halogens is 1. The van der Waals surface area contributed by atoms with Gasteiger partial charge in [-0.15, -0.1) is 0 Å². The van der Waals surface area contributed by atoms with E-state index in [0.717, 1.165) is 39.0 Å². The Hall–Kier alpha value is -1.30. The van der Waals surface area contributed by atoms with Crippen LogP contribution in [0.2, 0.25) is 0 Å². The van der Waals surface area contributed by atoms with Gasteiger partial charge in [-0.25, -0.2) is 4.39 Å². The number of ketones is 1. The van der Waals surface area contributed by atoms with Crippen molar-refractivity contribution in [2.75, 3.05) is 26.8 Å². The number of fused-ring (bicyclic) bond motifs is 1. The first-order chi connectivity index (χ1) is 11.2. The molecule has 1 aliphatic carbocycles. The lowest BCUT2D eigenvalue weighted by Crippen LogP contribution is -2.55. The van der Waals surface area contributed by atoms with Gasteiger partial charge in [-0.1, -0.05) is 0 Å². The van der Waals surface area contributed by atoms with Gasteiger partial charge in [0.2, 0.25) is 0 Å². The zero-order chi connectivity index (χ0) is 16.2. The van der Waals surface area contributed by atoms with E-state index in [1.807, 2.05) is 0 Å². The normalized spacial score (nSPS) is 28.3. The molecule has 2 fully saturated rings. The molecule has 3 rings (SSSR count). The molecule has 1 aromatic carbocycles. The summed E-state index contributed by atoms with van der Waals surface area (Å²) < 4.78 is 24.3. The summed E-state index contributed by atoms with van der Waals surface area (Å²) in [7, 11) is 1.76. The van der Waals surface area contributed by atoms with E-state index < -0.39 is 0 Å². The number of hydrogen-bond acceptors (Lipinski definition) is 4. The minimum absolute atomic E-state index is 0.0622. The molecule has 2 aliphatic rings. The third-order valence-corrected chi connectivity index (χ3v) is 5.01. The van der Waals surface area contributed by atoms with E-state index in [1.54, 1.807) is 19.2 Å². The lowest BCUT2D eigenvalue weighted by Gasteiger charge is -2.45. The van der Waals surface area contributed by atoms with Crippen LogP contribution in [0.3, 0.4) is 0 Å². The minimum atomic E-state index is -0.314. The lowest BCUT2D eigenvalue weighted by molar-refractivity contribution is -0.112. The number of benzene rings is 1. The zero-order valence-corrected chi connectivity index (χ0v) is 13.5. The fourth-order valence-electron chi connectivity index (χ4n) is 3.66. The molecule has 0 aromatic heterocycles. The van der Waals surface area contributed by atoms with E-state index >= 15 is 0 Å². The van der Waals surface area contributed by atoms with Crippen LogP contribution < -0.4 is 0 Å². The minimum Gasteiger partial charge on any atom is -0.381 e. The maximum Gasteiger partial charge on any atom is 0.164 e. The molecular formula is C18H24FNO3. The third kappa shape index (κ3) is 3.97. The molecule has 0 radical (unpaired) electrons. The SMILES string of the molecule is CO[C@@H]1CC[C@H]2OCCN(CCC(=O)c3ccc(F)cc3)[C@@H]2C1. The molecule has 0 amide bonds. The van der Waals surface area contributed by atoms with Gasteiger partial charge in [0, 0.05) is 38.2 Å². The van der Waals surface area contributed by atoms with Crippen LogP contribution in [0, 0.1) is 5.82 Å². The summed E-state index contributed by atoms with van der Waals surface area (Å²) in [6.45, 7) is 2.30. The average Bonchev–Trinajstić information content (AvgIpc) is 2.59. The Morgan fingerprint density at radius 3 is 2.87 bits per heavy atom. The topological polar surface area (TPSA) is 38.8 Å². The van der Waals surface area contributed by atoms with Crippen LogP contribution in [0.1, 0.15) is 36.0 Å². The molecular weight excluding hydrogens is 297 g/mol. The zero-order valence-electron chi connectivity index (χ0n) is 13.5. The van der Waals surface area contributed by atoms with Gasteiger partial charge in [0.1, 0.15) is 5.82 Å². The monoisotopic (exact) mass is 321 g/mol. The number of ether oxygens (including phenoxy) is 2. The van der Waals surface area contributed by atoms with Gasteiger partial charge in [-0.3, -0.25) is 9.69 Å². The molecule has 1 aromatic rings. The number of nitrogens with zero attached hydrogens (tertiary/aromatic N) is 1. The lowest BCUT2D eigenvalue weighted by atomic mass is 9.87. The second-order valence-electron chi connectivity index (χ2n) is 6.36. The fourth-order valence-corrected chi connectivity index (χ4v) is 3.66. The summed E-state index contributed by atoms with van der Waals surface area (Å²) in [5, 5.41) is 0. The summed E-state index contributed by atoms with van der Waals surface area (Å²) in [5.41, 5.74) is 0.578. The van der Waals surface area contributed by atoms with Crippen LogP contribution in [0.4, 0.5) is 4.39 Å². The molecule has 0 bridgehead atoms. The Kier molecular flexibility index (Phi) is 5.41. The Balaban J connectivity index is 1.57. The smallest absolute Gasteiger partial charge is 0.164 e. The van der Waals surface area contributed by atoms with Crippen LogP contribution in [0.5, 0.6) is 0 Å². The fraction of sp³-hybridized carbons (Fsp3) is 0.611. The quantitative estimate of drug-likeness (QED) is 0.782. The van der Waals surface area contributed by atoms with Gasteiger partial charge in [0.15, 0.2) is 5.78 Å². The molecule has 1 saturated carbocycles. The van der Waals surface area contributed by atoms with Crippen molar-refractivity contribution in [2.24, 2.45) is 0 Å². The molecule has 0 unspecified atom stereocenters. The Labute approximate surface area is 136 Å². The van der Waals surface area contributed by atoms with Crippen LogP contribution in [0.15, 0.2) is 24.3 Å². The molecule has 4 nitrogen and oxygen atoms in total. The van der Waals surface area contributed by atoms with E-state index in [9.17, 15) is 9.18 Å². The van der Waals surface area contributed by atoms with Gasteiger partial charge in [0.05, 0.1) is 18.8 Å². The van der Waals surface area contributed by atoms with Gasteiger partial charge < -0.3 is 9.47 Å². The predicted octanol–water partition coefficient (Wildman–Crippen LogP) is 2.67. The van der Waals surface area contributed by atoms with Crippen molar-refractivity contribution in [3.63, 3.8) is 0 Å². The van der Waals surface area contributed by atoms with Crippen LogP contribution in [-0.4, -0.2) is 55.7 Å². The molecule has 1 heterocycles. The summed E-state index contributed by atoms with van der Waals surface area (Å²) in [5.74, 6) is -0.252. The van der Waals surface area contributed by atoms with Crippen molar-refractivity contribution < 1.29 is 18.7 Å². The molecule has 0 spiro atoms. The van der Waals surface area contributed by atoms with Crippen molar-refractivity contribution in [3.8, 4) is 0 Å². The van der Waals surface area contributed by atoms with Crippen molar-refractivity contribution >= 4 is 5.78 Å². The third-order valence-electron chi connectivity index (χ3n) is 5.01. The predicted molar refractivity (Wildman–Crippen MR) is 85.1 cm³/mol. The highest BCUT2D eigenvalue weighted by atomic mass is 19.1. The highest BCUT2D eigenvalue weighted by Crippen LogP contribution is 2.30. The van der Waals surface area contributed by atoms with Crippen molar-refractivity contribution in [1.29, 1.82) is 0 Å². The maximum atomic E-state index is 12.9. The Morgan fingerprint density at radius 2 is 2.13 bits per heavy atom. The standard InChI is InChI=1S/C18H24FNO3/c1-22-15-6-7-18-16(12-15)20(10-11-23-18)9-8-17(21)13-2-4-14(19)5-3-13/h2-5,15-16,18H,6-12H2,1H3/t15-,16-,18-/m1/s1. The van der Waals surface area contributed by atoms with Crippen LogP contribution in [0.25, 0.3) is 0 Å². The summed E-state index contributed by atoms with van der Waals surface area (Å²) in [6, 6.07) is 6.12. The van der Waals surface area contributed by atoms with E-state index in [1.165, 1.54) is 12.1 Å². The second kappa shape index (κ2) is 7.51. The van der Waals surface area contributed by atoms with E-state index in [0.29, 0.717) is 18.0 Å². The number of hydrogen-bond donors (Lipinski definition) is 0.